The highest BCUT2D eigenvalue weighted by Gasteiger charge is 2.37. The van der Waals surface area contributed by atoms with E-state index in [1.807, 2.05) is 6.92 Å². The molecule has 1 aromatic rings. The minimum atomic E-state index is -3.02. The Bertz CT molecular complexity index is 691. The van der Waals surface area contributed by atoms with E-state index in [1.54, 1.807) is 13.0 Å². The number of nitrogens with zero attached hydrogens (tertiary/aromatic N) is 1. The Hall–Kier alpha value is -2.64. The first-order valence-electron chi connectivity index (χ1n) is 7.81. The van der Waals surface area contributed by atoms with E-state index in [1.165, 1.54) is 30.2 Å². The Morgan fingerprint density at radius 2 is 2.04 bits per heavy atom. The van der Waals surface area contributed by atoms with E-state index in [-0.39, 0.29) is 16.9 Å². The first kappa shape index (κ1) is 18.7. The Morgan fingerprint density at radius 1 is 1.36 bits per heavy atom. The average Bonchev–Trinajstić information content (AvgIpc) is 2.57. The van der Waals surface area contributed by atoms with Crippen LogP contribution in [-0.2, 0) is 9.53 Å². The molecule has 6 nitrogen and oxygen atoms in total. The van der Waals surface area contributed by atoms with Crippen molar-refractivity contribution in [3.8, 4) is 5.75 Å². The number of alkyl halides is 2. The van der Waals surface area contributed by atoms with Crippen molar-refractivity contribution in [1.82, 2.24) is 10.2 Å². The van der Waals surface area contributed by atoms with Gasteiger partial charge >= 0.3 is 18.6 Å². The summed E-state index contributed by atoms with van der Waals surface area (Å²) in [4.78, 5) is 26.1. The van der Waals surface area contributed by atoms with Gasteiger partial charge in [0.25, 0.3) is 0 Å². The molecule has 0 saturated carbocycles. The summed E-state index contributed by atoms with van der Waals surface area (Å²) in [6.07, 6.45) is 0.689. The molecule has 1 aromatic carbocycles. The largest absolute Gasteiger partial charge is 0.466 e. The van der Waals surface area contributed by atoms with Crippen LogP contribution in [0.25, 0.3) is 0 Å². The highest BCUT2D eigenvalue weighted by atomic mass is 19.3. The van der Waals surface area contributed by atoms with Crippen molar-refractivity contribution in [2.24, 2.45) is 0 Å². The van der Waals surface area contributed by atoms with Gasteiger partial charge in [-0.05, 0) is 19.4 Å². The van der Waals surface area contributed by atoms with Crippen molar-refractivity contribution in [3.05, 3.63) is 41.1 Å². The Kier molecular flexibility index (Phi) is 5.95. The Balaban J connectivity index is 2.56. The van der Waals surface area contributed by atoms with Gasteiger partial charge in [0, 0.05) is 17.8 Å². The number of rotatable bonds is 6. The van der Waals surface area contributed by atoms with E-state index in [0.29, 0.717) is 18.7 Å². The highest BCUT2D eigenvalue weighted by molar-refractivity contribution is 5.95. The molecule has 1 N–H and O–H groups in total. The van der Waals surface area contributed by atoms with Gasteiger partial charge in [-0.1, -0.05) is 25.1 Å². The summed E-state index contributed by atoms with van der Waals surface area (Å²) in [6.45, 7) is 0.921. The van der Waals surface area contributed by atoms with E-state index in [9.17, 15) is 18.4 Å². The zero-order valence-electron chi connectivity index (χ0n) is 14.2. The molecule has 1 heterocycles. The van der Waals surface area contributed by atoms with Crippen molar-refractivity contribution in [1.29, 1.82) is 0 Å². The van der Waals surface area contributed by atoms with Crippen molar-refractivity contribution in [2.45, 2.75) is 32.9 Å². The molecule has 0 radical (unpaired) electrons. The normalized spacial score (nSPS) is 17.6. The van der Waals surface area contributed by atoms with Gasteiger partial charge in [0.05, 0.1) is 18.7 Å². The second-order valence-corrected chi connectivity index (χ2v) is 5.44. The second kappa shape index (κ2) is 7.96. The molecule has 136 valence electrons. The molecule has 2 rings (SSSR count). The first-order chi connectivity index (χ1) is 11.9. The molecule has 8 heteroatoms. The maximum Gasteiger partial charge on any atom is 0.387 e. The zero-order chi connectivity index (χ0) is 18.6. The van der Waals surface area contributed by atoms with Crippen LogP contribution in [0.3, 0.4) is 0 Å². The van der Waals surface area contributed by atoms with Gasteiger partial charge in [-0.25, -0.2) is 9.59 Å². The zero-order valence-corrected chi connectivity index (χ0v) is 14.2. The van der Waals surface area contributed by atoms with Gasteiger partial charge in [-0.2, -0.15) is 8.78 Å². The lowest BCUT2D eigenvalue weighted by atomic mass is 9.94. The molecular weight excluding hydrogens is 334 g/mol. The molecule has 0 aromatic heterocycles. The maximum absolute atomic E-state index is 12.7. The standard InChI is InChI=1S/C17H20F2N2O4/c1-4-9-21-10(2)13(15(22)24-3)14(20-17(21)23)11-7-5-6-8-12(11)25-16(18)19/h5-8,14,16H,4,9H2,1-3H3,(H,20,23)/t14-/m0/s1. The second-order valence-electron chi connectivity index (χ2n) is 5.44. The third kappa shape index (κ3) is 3.89. The molecule has 1 atom stereocenters. The topological polar surface area (TPSA) is 67.9 Å². The number of para-hydroxylation sites is 1. The van der Waals surface area contributed by atoms with Gasteiger partial charge < -0.3 is 14.8 Å². The van der Waals surface area contributed by atoms with Crippen molar-refractivity contribution < 1.29 is 27.8 Å². The Labute approximate surface area is 144 Å². The quantitative estimate of drug-likeness (QED) is 0.797. The van der Waals surface area contributed by atoms with Crippen LogP contribution in [0, 0.1) is 0 Å². The van der Waals surface area contributed by atoms with E-state index in [4.69, 9.17) is 4.74 Å². The van der Waals surface area contributed by atoms with Gasteiger partial charge in [0.2, 0.25) is 0 Å². The van der Waals surface area contributed by atoms with Gasteiger partial charge in [-0.3, -0.25) is 4.90 Å². The van der Waals surface area contributed by atoms with E-state index < -0.39 is 24.7 Å². The molecule has 1 aliphatic rings. The van der Waals surface area contributed by atoms with Crippen molar-refractivity contribution in [2.75, 3.05) is 13.7 Å². The number of carbonyl (C=O) groups is 2. The van der Waals surface area contributed by atoms with Gasteiger partial charge in [-0.15, -0.1) is 0 Å². The number of esters is 1. The van der Waals surface area contributed by atoms with E-state index in [2.05, 4.69) is 10.1 Å². The van der Waals surface area contributed by atoms with E-state index in [0.717, 1.165) is 0 Å². The summed E-state index contributed by atoms with van der Waals surface area (Å²) < 4.78 is 34.7. The molecule has 0 saturated heterocycles. The number of allylic oxidation sites excluding steroid dienone is 1. The smallest absolute Gasteiger partial charge is 0.387 e. The van der Waals surface area contributed by atoms with E-state index >= 15 is 0 Å². The summed E-state index contributed by atoms with van der Waals surface area (Å²) in [5.41, 5.74) is 0.863. The lowest BCUT2D eigenvalue weighted by Crippen LogP contribution is -2.48. The number of hydrogen-bond donors (Lipinski definition) is 1. The number of carbonyl (C=O) groups excluding carboxylic acids is 2. The molecule has 0 bridgehead atoms. The summed E-state index contributed by atoms with van der Waals surface area (Å²) >= 11 is 0. The lowest BCUT2D eigenvalue weighted by Gasteiger charge is -2.35. The number of benzene rings is 1. The number of nitrogens with one attached hydrogen (secondary N) is 1. The lowest BCUT2D eigenvalue weighted by molar-refractivity contribution is -0.136. The van der Waals surface area contributed by atoms with Gasteiger partial charge in [0.15, 0.2) is 0 Å². The molecule has 0 spiro atoms. The molecule has 1 aliphatic heterocycles. The molecule has 2 amide bonds. The third-order valence-electron chi connectivity index (χ3n) is 3.89. The van der Waals surface area contributed by atoms with Crippen LogP contribution in [0.5, 0.6) is 5.75 Å². The number of amides is 2. The van der Waals surface area contributed by atoms with Crippen LogP contribution < -0.4 is 10.1 Å². The monoisotopic (exact) mass is 354 g/mol. The molecule has 0 unspecified atom stereocenters. The first-order valence-corrected chi connectivity index (χ1v) is 7.81. The minimum Gasteiger partial charge on any atom is -0.466 e. The van der Waals surface area contributed by atoms with Crippen LogP contribution in [0.4, 0.5) is 13.6 Å². The van der Waals surface area contributed by atoms with Crippen LogP contribution in [-0.4, -0.2) is 37.2 Å². The Morgan fingerprint density at radius 3 is 2.64 bits per heavy atom. The predicted molar refractivity (Wildman–Crippen MR) is 86.1 cm³/mol. The van der Waals surface area contributed by atoms with Crippen molar-refractivity contribution >= 4 is 12.0 Å². The fraction of sp³-hybridized carbons (Fsp3) is 0.412. The number of hydrogen-bond acceptors (Lipinski definition) is 4. The minimum absolute atomic E-state index is 0.110. The van der Waals surface area contributed by atoms with Crippen LogP contribution in [0.15, 0.2) is 35.5 Å². The number of halogens is 2. The molecule has 0 aliphatic carbocycles. The average molecular weight is 354 g/mol. The van der Waals surface area contributed by atoms with Crippen molar-refractivity contribution in [3.63, 3.8) is 0 Å². The fourth-order valence-corrected chi connectivity index (χ4v) is 2.80. The fourth-order valence-electron chi connectivity index (χ4n) is 2.80. The summed E-state index contributed by atoms with van der Waals surface area (Å²) in [5, 5.41) is 2.68. The third-order valence-corrected chi connectivity index (χ3v) is 3.89. The summed E-state index contributed by atoms with van der Waals surface area (Å²) in [5.74, 6) is -0.753. The van der Waals surface area contributed by atoms with Gasteiger partial charge in [0.1, 0.15) is 5.75 Å². The molecule has 25 heavy (non-hydrogen) atoms. The molecule has 0 fully saturated rings. The summed E-state index contributed by atoms with van der Waals surface area (Å²) in [7, 11) is 1.22. The van der Waals surface area contributed by atoms with Crippen LogP contribution >= 0.6 is 0 Å². The summed E-state index contributed by atoms with van der Waals surface area (Å²) in [6, 6.07) is 4.67. The number of methoxy groups -OCH3 is 1. The molecular formula is C17H20F2N2O4. The van der Waals surface area contributed by atoms with Crippen LogP contribution in [0.1, 0.15) is 31.9 Å². The van der Waals surface area contributed by atoms with Crippen LogP contribution in [0.2, 0.25) is 0 Å². The number of ether oxygens (including phenoxy) is 2. The predicted octanol–water partition coefficient (Wildman–Crippen LogP) is 3.21. The highest BCUT2D eigenvalue weighted by Crippen LogP contribution is 2.36. The number of urea groups is 1. The maximum atomic E-state index is 12.7. The SMILES string of the molecule is CCCN1C(=O)N[C@@H](c2ccccc2OC(F)F)C(C(=O)OC)=C1C.